The molecule has 0 amide bonds. The summed E-state index contributed by atoms with van der Waals surface area (Å²) in [6.45, 7) is 7.37. The van der Waals surface area contributed by atoms with E-state index in [9.17, 15) is 0 Å². The highest BCUT2D eigenvalue weighted by atomic mass is 79.9. The van der Waals surface area contributed by atoms with Crippen LogP contribution in [0, 0.1) is 0 Å². The molecule has 2 aromatic rings. The molecule has 0 radical (unpaired) electrons. The van der Waals surface area contributed by atoms with Crippen molar-refractivity contribution in [3.63, 3.8) is 0 Å². The van der Waals surface area contributed by atoms with Crippen LogP contribution in [0.5, 0.6) is 0 Å². The third-order valence-corrected chi connectivity index (χ3v) is 3.42. The van der Waals surface area contributed by atoms with Gasteiger partial charge in [0.2, 0.25) is 0 Å². The summed E-state index contributed by atoms with van der Waals surface area (Å²) in [4.78, 5) is 0. The second-order valence-corrected chi connectivity index (χ2v) is 6.71. The van der Waals surface area contributed by atoms with E-state index in [-0.39, 0.29) is 5.41 Å². The van der Waals surface area contributed by atoms with Crippen molar-refractivity contribution in [3.05, 3.63) is 46.2 Å². The average molecular weight is 322 g/mol. The standard InChI is InChI=1S/C15H20BrN3/c1-15(2,3)14-11(10-19(4)18-14)9-17-13-7-5-6-12(16)8-13/h5-8,10,17H,9H2,1-4H3. The van der Waals surface area contributed by atoms with Crippen LogP contribution >= 0.6 is 15.9 Å². The third kappa shape index (κ3) is 3.60. The van der Waals surface area contributed by atoms with Crippen LogP contribution in [-0.4, -0.2) is 9.78 Å². The second kappa shape index (κ2) is 5.37. The highest BCUT2D eigenvalue weighted by Crippen LogP contribution is 2.25. The Labute approximate surface area is 123 Å². The minimum Gasteiger partial charge on any atom is -0.381 e. The molecule has 4 heteroatoms. The molecule has 102 valence electrons. The summed E-state index contributed by atoms with van der Waals surface area (Å²) < 4.78 is 2.97. The Kier molecular flexibility index (Phi) is 3.99. The van der Waals surface area contributed by atoms with Crippen LogP contribution in [0.2, 0.25) is 0 Å². The number of nitrogens with zero attached hydrogens (tertiary/aromatic N) is 2. The Balaban J connectivity index is 2.16. The molecule has 0 fully saturated rings. The average Bonchev–Trinajstić information content (AvgIpc) is 2.68. The summed E-state index contributed by atoms with van der Waals surface area (Å²) >= 11 is 3.48. The third-order valence-electron chi connectivity index (χ3n) is 2.92. The maximum atomic E-state index is 4.58. The van der Waals surface area contributed by atoms with Crippen LogP contribution in [-0.2, 0) is 19.0 Å². The highest BCUT2D eigenvalue weighted by Gasteiger charge is 2.21. The normalized spacial score (nSPS) is 11.6. The first-order valence-corrected chi connectivity index (χ1v) is 7.18. The number of halogens is 1. The molecule has 0 aliphatic carbocycles. The fraction of sp³-hybridized carbons (Fsp3) is 0.400. The predicted octanol–water partition coefficient (Wildman–Crippen LogP) is 4.09. The molecule has 19 heavy (non-hydrogen) atoms. The smallest absolute Gasteiger partial charge is 0.0727 e. The summed E-state index contributed by atoms with van der Waals surface area (Å²) in [6.07, 6.45) is 2.09. The fourth-order valence-electron chi connectivity index (χ4n) is 2.09. The van der Waals surface area contributed by atoms with Gasteiger partial charge in [-0.2, -0.15) is 5.10 Å². The van der Waals surface area contributed by atoms with Crippen LogP contribution in [0.25, 0.3) is 0 Å². The highest BCUT2D eigenvalue weighted by molar-refractivity contribution is 9.10. The number of anilines is 1. The van der Waals surface area contributed by atoms with Crippen LogP contribution in [0.15, 0.2) is 34.9 Å². The van der Waals surface area contributed by atoms with Gasteiger partial charge in [0.15, 0.2) is 0 Å². The van der Waals surface area contributed by atoms with Crippen molar-refractivity contribution in [1.29, 1.82) is 0 Å². The Morgan fingerprint density at radius 3 is 2.68 bits per heavy atom. The first-order chi connectivity index (χ1) is 8.86. The number of aryl methyl sites for hydroxylation is 1. The molecule has 0 bridgehead atoms. The Morgan fingerprint density at radius 2 is 2.05 bits per heavy atom. The zero-order valence-electron chi connectivity index (χ0n) is 11.9. The topological polar surface area (TPSA) is 29.9 Å². The molecule has 1 aromatic carbocycles. The van der Waals surface area contributed by atoms with Gasteiger partial charge in [0.25, 0.3) is 0 Å². The van der Waals surface area contributed by atoms with Gasteiger partial charge in [0.05, 0.1) is 5.69 Å². The van der Waals surface area contributed by atoms with E-state index in [1.807, 2.05) is 23.9 Å². The molecule has 1 aromatic heterocycles. The molecule has 0 spiro atoms. The van der Waals surface area contributed by atoms with E-state index in [0.717, 1.165) is 22.4 Å². The zero-order valence-corrected chi connectivity index (χ0v) is 13.5. The molecule has 0 unspecified atom stereocenters. The molecule has 3 nitrogen and oxygen atoms in total. The van der Waals surface area contributed by atoms with Gasteiger partial charge in [-0.1, -0.05) is 42.8 Å². The number of aromatic nitrogens is 2. The number of benzene rings is 1. The minimum atomic E-state index is 0.0650. The Morgan fingerprint density at radius 1 is 1.32 bits per heavy atom. The van der Waals surface area contributed by atoms with Crippen LogP contribution in [0.4, 0.5) is 5.69 Å². The van der Waals surface area contributed by atoms with Gasteiger partial charge in [0.1, 0.15) is 0 Å². The quantitative estimate of drug-likeness (QED) is 0.922. The van der Waals surface area contributed by atoms with Crippen LogP contribution in [0.3, 0.4) is 0 Å². The molecule has 1 heterocycles. The molecule has 2 rings (SSSR count). The minimum absolute atomic E-state index is 0.0650. The monoisotopic (exact) mass is 321 g/mol. The lowest BCUT2D eigenvalue weighted by Gasteiger charge is -2.18. The SMILES string of the molecule is Cn1cc(CNc2cccc(Br)c2)c(C(C)(C)C)n1. The van der Waals surface area contributed by atoms with Gasteiger partial charge in [0, 0.05) is 40.9 Å². The van der Waals surface area contributed by atoms with E-state index < -0.39 is 0 Å². The van der Waals surface area contributed by atoms with Crippen LogP contribution in [0.1, 0.15) is 32.0 Å². The van der Waals surface area contributed by atoms with E-state index in [2.05, 4.69) is 65.4 Å². The van der Waals surface area contributed by atoms with Crippen molar-refractivity contribution < 1.29 is 0 Å². The van der Waals surface area contributed by atoms with E-state index >= 15 is 0 Å². The lowest BCUT2D eigenvalue weighted by atomic mass is 9.89. The summed E-state index contributed by atoms with van der Waals surface area (Å²) in [5.74, 6) is 0. The summed E-state index contributed by atoms with van der Waals surface area (Å²) in [6, 6.07) is 8.20. The predicted molar refractivity (Wildman–Crippen MR) is 83.4 cm³/mol. The summed E-state index contributed by atoms with van der Waals surface area (Å²) in [7, 11) is 1.97. The van der Waals surface area contributed by atoms with Gasteiger partial charge >= 0.3 is 0 Å². The molecule has 1 N–H and O–H groups in total. The molecule has 0 saturated carbocycles. The number of rotatable bonds is 3. The van der Waals surface area contributed by atoms with Gasteiger partial charge < -0.3 is 5.32 Å². The number of hydrogen-bond acceptors (Lipinski definition) is 2. The number of hydrogen-bond donors (Lipinski definition) is 1. The first-order valence-electron chi connectivity index (χ1n) is 6.39. The fourth-order valence-corrected chi connectivity index (χ4v) is 2.49. The molecular weight excluding hydrogens is 302 g/mol. The largest absolute Gasteiger partial charge is 0.381 e. The van der Waals surface area contributed by atoms with Crippen molar-refractivity contribution in [2.24, 2.45) is 7.05 Å². The van der Waals surface area contributed by atoms with E-state index in [4.69, 9.17) is 0 Å². The van der Waals surface area contributed by atoms with Crippen molar-refractivity contribution in [2.75, 3.05) is 5.32 Å². The Hall–Kier alpha value is -1.29. The maximum Gasteiger partial charge on any atom is 0.0727 e. The lowest BCUT2D eigenvalue weighted by molar-refractivity contribution is 0.549. The summed E-state index contributed by atoms with van der Waals surface area (Å²) in [5.41, 5.74) is 3.57. The molecule has 0 atom stereocenters. The van der Waals surface area contributed by atoms with Crippen molar-refractivity contribution in [2.45, 2.75) is 32.7 Å². The molecule has 0 aliphatic heterocycles. The van der Waals surface area contributed by atoms with Gasteiger partial charge in [-0.3, -0.25) is 4.68 Å². The zero-order chi connectivity index (χ0) is 14.0. The van der Waals surface area contributed by atoms with E-state index in [1.54, 1.807) is 0 Å². The van der Waals surface area contributed by atoms with Gasteiger partial charge in [-0.25, -0.2) is 0 Å². The van der Waals surface area contributed by atoms with Crippen molar-refractivity contribution in [3.8, 4) is 0 Å². The maximum absolute atomic E-state index is 4.58. The number of nitrogens with one attached hydrogen (secondary N) is 1. The molecule has 0 aliphatic rings. The van der Waals surface area contributed by atoms with Gasteiger partial charge in [-0.15, -0.1) is 0 Å². The first kappa shape index (κ1) is 14.1. The lowest BCUT2D eigenvalue weighted by Crippen LogP contribution is -2.16. The summed E-state index contributed by atoms with van der Waals surface area (Å²) in [5, 5.41) is 8.02. The van der Waals surface area contributed by atoms with Crippen molar-refractivity contribution >= 4 is 21.6 Å². The molecule has 0 saturated heterocycles. The second-order valence-electron chi connectivity index (χ2n) is 5.79. The Bertz CT molecular complexity index is 567. The van der Waals surface area contributed by atoms with Crippen LogP contribution < -0.4 is 5.32 Å². The van der Waals surface area contributed by atoms with E-state index in [1.165, 1.54) is 5.56 Å². The van der Waals surface area contributed by atoms with Crippen molar-refractivity contribution in [1.82, 2.24) is 9.78 Å². The molecular formula is C15H20BrN3. The van der Waals surface area contributed by atoms with Gasteiger partial charge in [-0.05, 0) is 18.2 Å². The van der Waals surface area contributed by atoms with E-state index in [0.29, 0.717) is 0 Å².